The van der Waals surface area contributed by atoms with Crippen LogP contribution in [-0.2, 0) is 26.2 Å². The molecule has 1 heteroatoms. The van der Waals surface area contributed by atoms with Gasteiger partial charge in [-0.2, -0.15) is 22.3 Å². The molecule has 130 valence electrons. The number of hydrogen-bond acceptors (Lipinski definition) is 0. The Morgan fingerprint density at radius 1 is 0.696 bits per heavy atom. The maximum atomic E-state index is 3.52. The molecule has 2 rings (SSSR count). The third-order valence-electron chi connectivity index (χ3n) is 6.25. The van der Waals surface area contributed by atoms with Crippen LogP contribution >= 0.6 is 0 Å². The van der Waals surface area contributed by atoms with Gasteiger partial charge >= 0.3 is 26.2 Å². The van der Waals surface area contributed by atoms with Crippen molar-refractivity contribution in [3.63, 3.8) is 0 Å². The van der Waals surface area contributed by atoms with Gasteiger partial charge in [0.1, 0.15) is 0 Å². The van der Waals surface area contributed by atoms with Crippen molar-refractivity contribution < 1.29 is 29.1 Å². The third-order valence-corrected chi connectivity index (χ3v) is 6.25. The number of rotatable bonds is 2. The first-order valence-electron chi connectivity index (χ1n) is 8.62. The Bertz CT molecular complexity index is 529. The Hall–Kier alpha value is -0.157. The first kappa shape index (κ1) is 22.8. The van der Waals surface area contributed by atoms with E-state index in [1.165, 1.54) is 33.4 Å². The maximum Gasteiger partial charge on any atom is 2.00 e. The predicted octanol–water partition coefficient (Wildman–Crippen LogP) is 7.23. The summed E-state index contributed by atoms with van der Waals surface area (Å²) in [5.74, 6) is 0. The minimum atomic E-state index is 0. The second kappa shape index (κ2) is 8.29. The van der Waals surface area contributed by atoms with Crippen LogP contribution in [0.4, 0.5) is 0 Å². The van der Waals surface area contributed by atoms with Gasteiger partial charge < -0.3 is 2.85 Å². The Morgan fingerprint density at radius 3 is 1.04 bits per heavy atom. The van der Waals surface area contributed by atoms with Gasteiger partial charge in [-0.1, -0.05) is 79.1 Å². The van der Waals surface area contributed by atoms with E-state index in [9.17, 15) is 0 Å². The molecule has 0 spiro atoms. The van der Waals surface area contributed by atoms with Crippen molar-refractivity contribution >= 4 is 0 Å². The molecule has 0 saturated carbocycles. The molecule has 0 saturated heterocycles. The standard InChI is InChI=1S/2C11H17.Zr.2H/c2*1-6-11(5)7-8(2)9(3)10(11)4;;;/h2*6H2,1-5H3;;;/q2*-1;+2;2*-1. The van der Waals surface area contributed by atoms with Crippen molar-refractivity contribution in [3.05, 3.63) is 45.6 Å². The summed E-state index contributed by atoms with van der Waals surface area (Å²) in [6.45, 7) is 22.1. The SMILES string of the molecule is CCC1(C)[C-]=C(C)C(C)=C1C.CCC1(C)[C-]=C(C)C(C)=C1C.[H-].[H-].[Zr+2]. The van der Waals surface area contributed by atoms with E-state index in [1.54, 1.807) is 0 Å². The fraction of sp³-hybridized carbons (Fsp3) is 0.636. The van der Waals surface area contributed by atoms with Crippen LogP contribution < -0.4 is 0 Å². The molecule has 2 aliphatic carbocycles. The normalized spacial score (nSPS) is 29.8. The Kier molecular flexibility index (Phi) is 8.23. The average Bonchev–Trinajstić information content (AvgIpc) is 2.81. The van der Waals surface area contributed by atoms with Crippen molar-refractivity contribution in [2.75, 3.05) is 0 Å². The fourth-order valence-corrected chi connectivity index (χ4v) is 3.30. The summed E-state index contributed by atoms with van der Waals surface area (Å²) in [5.41, 5.74) is 9.01. The molecule has 0 amide bonds. The predicted molar refractivity (Wildman–Crippen MR) is 101 cm³/mol. The van der Waals surface area contributed by atoms with Crippen LogP contribution in [0.1, 0.15) is 84.9 Å². The van der Waals surface area contributed by atoms with Crippen LogP contribution in [0.3, 0.4) is 0 Å². The first-order valence-corrected chi connectivity index (χ1v) is 8.62. The fourth-order valence-electron chi connectivity index (χ4n) is 3.30. The van der Waals surface area contributed by atoms with E-state index >= 15 is 0 Å². The Morgan fingerprint density at radius 2 is 0.957 bits per heavy atom. The smallest absolute Gasteiger partial charge is 1.00 e. The quantitative estimate of drug-likeness (QED) is 0.436. The summed E-state index contributed by atoms with van der Waals surface area (Å²) < 4.78 is 0. The van der Waals surface area contributed by atoms with Crippen molar-refractivity contribution in [3.8, 4) is 0 Å². The zero-order chi connectivity index (χ0) is 17.3. The summed E-state index contributed by atoms with van der Waals surface area (Å²) >= 11 is 0. The summed E-state index contributed by atoms with van der Waals surface area (Å²) in [5, 5.41) is 0. The van der Waals surface area contributed by atoms with Gasteiger partial charge in [-0.05, 0) is 0 Å². The van der Waals surface area contributed by atoms with Crippen LogP contribution in [0, 0.1) is 23.0 Å². The van der Waals surface area contributed by atoms with Crippen molar-refractivity contribution in [2.45, 2.75) is 82.1 Å². The minimum absolute atomic E-state index is 0. The third kappa shape index (κ3) is 4.47. The van der Waals surface area contributed by atoms with Gasteiger partial charge in [-0.15, -0.1) is 13.8 Å². The molecule has 0 fully saturated rings. The van der Waals surface area contributed by atoms with E-state index in [2.05, 4.69) is 81.4 Å². The van der Waals surface area contributed by atoms with E-state index in [1.807, 2.05) is 0 Å². The molecule has 2 unspecified atom stereocenters. The van der Waals surface area contributed by atoms with Gasteiger partial charge in [-0.3, -0.25) is 12.2 Å². The largest absolute Gasteiger partial charge is 2.00 e. The van der Waals surface area contributed by atoms with Crippen LogP contribution in [0.15, 0.2) is 33.4 Å². The van der Waals surface area contributed by atoms with Gasteiger partial charge in [0, 0.05) is 0 Å². The van der Waals surface area contributed by atoms with Gasteiger partial charge in [0.15, 0.2) is 0 Å². The van der Waals surface area contributed by atoms with Crippen molar-refractivity contribution in [2.24, 2.45) is 10.8 Å². The molecule has 23 heavy (non-hydrogen) atoms. The minimum Gasteiger partial charge on any atom is -1.00 e. The molecule has 0 aromatic heterocycles. The van der Waals surface area contributed by atoms with Crippen LogP contribution in [0.5, 0.6) is 0 Å². The van der Waals surface area contributed by atoms with E-state index in [0.717, 1.165) is 12.8 Å². The zero-order valence-corrected chi connectivity index (χ0v) is 19.4. The molecule has 2 aliphatic rings. The zero-order valence-electron chi connectivity index (χ0n) is 18.9. The van der Waals surface area contributed by atoms with Gasteiger partial charge in [0.2, 0.25) is 0 Å². The van der Waals surface area contributed by atoms with Gasteiger partial charge in [0.25, 0.3) is 0 Å². The van der Waals surface area contributed by atoms with E-state index in [-0.39, 0.29) is 39.9 Å². The molecule has 0 aliphatic heterocycles. The van der Waals surface area contributed by atoms with E-state index in [4.69, 9.17) is 0 Å². The average molecular weight is 392 g/mol. The maximum absolute atomic E-state index is 3.52. The van der Waals surface area contributed by atoms with Gasteiger partial charge in [-0.25, -0.2) is 11.1 Å². The van der Waals surface area contributed by atoms with Crippen LogP contribution in [-0.4, -0.2) is 0 Å². The molecular formula is C22H36Zr-2. The summed E-state index contributed by atoms with van der Waals surface area (Å²) in [6.07, 6.45) is 9.36. The Balaban J connectivity index is -0.000000346. The number of hydrogen-bond donors (Lipinski definition) is 0. The van der Waals surface area contributed by atoms with E-state index in [0.29, 0.717) is 0 Å². The van der Waals surface area contributed by atoms with E-state index < -0.39 is 0 Å². The monoisotopic (exact) mass is 390 g/mol. The molecule has 0 radical (unpaired) electrons. The molecule has 0 aromatic rings. The molecule has 0 aromatic carbocycles. The van der Waals surface area contributed by atoms with Crippen LogP contribution in [0.25, 0.3) is 0 Å². The Labute approximate surface area is 167 Å². The molecule has 0 bridgehead atoms. The van der Waals surface area contributed by atoms with Gasteiger partial charge in [0.05, 0.1) is 0 Å². The number of allylic oxidation sites excluding steroid dienone is 8. The second-order valence-corrected chi connectivity index (χ2v) is 7.37. The molecule has 0 heterocycles. The molecule has 2 atom stereocenters. The summed E-state index contributed by atoms with van der Waals surface area (Å²) in [4.78, 5) is 0. The molecular weight excluding hydrogens is 355 g/mol. The van der Waals surface area contributed by atoms with Crippen molar-refractivity contribution in [1.29, 1.82) is 0 Å². The van der Waals surface area contributed by atoms with Crippen molar-refractivity contribution in [1.82, 2.24) is 0 Å². The second-order valence-electron chi connectivity index (χ2n) is 7.37. The molecule has 0 N–H and O–H groups in total. The molecule has 0 nitrogen and oxygen atoms in total. The van der Waals surface area contributed by atoms with Crippen LogP contribution in [0.2, 0.25) is 0 Å². The summed E-state index contributed by atoms with van der Waals surface area (Å²) in [6, 6.07) is 0. The topological polar surface area (TPSA) is 0 Å². The first-order chi connectivity index (χ1) is 10.0. The summed E-state index contributed by atoms with van der Waals surface area (Å²) in [7, 11) is 0.